The van der Waals surface area contributed by atoms with E-state index in [9.17, 15) is 13.2 Å². The van der Waals surface area contributed by atoms with Crippen LogP contribution in [0.4, 0.5) is 19.2 Å². The van der Waals surface area contributed by atoms with Gasteiger partial charge in [0.05, 0.1) is 11.8 Å². The lowest BCUT2D eigenvalue weighted by Crippen LogP contribution is -1.90. The van der Waals surface area contributed by atoms with Gasteiger partial charge in [-0.05, 0) is 6.07 Å². The van der Waals surface area contributed by atoms with E-state index in [1.165, 1.54) is 0 Å². The molecule has 0 fully saturated rings. The number of halogens is 3. The lowest BCUT2D eigenvalue weighted by atomic mass is 10.1. The minimum atomic E-state index is -1.26. The van der Waals surface area contributed by atoms with Crippen molar-refractivity contribution in [3.05, 3.63) is 35.8 Å². The van der Waals surface area contributed by atoms with Crippen LogP contribution in [0.15, 0.2) is 22.7 Å². The van der Waals surface area contributed by atoms with Crippen molar-refractivity contribution in [1.82, 2.24) is 4.98 Å². The highest BCUT2D eigenvalue weighted by atomic mass is 19.2. The standard InChI is InChI=1S/C9H5F3N2O/c10-5-2-7(12)6(11)1-4(5)8-3-14-9(13)15-8/h1-3H,(H2,13,14). The van der Waals surface area contributed by atoms with Crippen LogP contribution in [0.25, 0.3) is 11.3 Å². The topological polar surface area (TPSA) is 52.0 Å². The van der Waals surface area contributed by atoms with Crippen molar-refractivity contribution in [3.63, 3.8) is 0 Å². The van der Waals surface area contributed by atoms with Crippen LogP contribution in [0.5, 0.6) is 0 Å². The summed E-state index contributed by atoms with van der Waals surface area (Å²) >= 11 is 0. The van der Waals surface area contributed by atoms with Crippen LogP contribution in [0.1, 0.15) is 0 Å². The lowest BCUT2D eigenvalue weighted by Gasteiger charge is -1.99. The molecule has 0 amide bonds. The Balaban J connectivity index is 2.58. The fourth-order valence-corrected chi connectivity index (χ4v) is 1.12. The largest absolute Gasteiger partial charge is 0.424 e. The van der Waals surface area contributed by atoms with Crippen LogP contribution >= 0.6 is 0 Å². The predicted octanol–water partition coefficient (Wildman–Crippen LogP) is 2.34. The van der Waals surface area contributed by atoms with Gasteiger partial charge in [-0.2, -0.15) is 0 Å². The molecule has 0 radical (unpaired) electrons. The number of hydrogen-bond acceptors (Lipinski definition) is 3. The minimum absolute atomic E-state index is 0.0519. The van der Waals surface area contributed by atoms with E-state index in [2.05, 4.69) is 4.98 Å². The molecular formula is C9H5F3N2O. The van der Waals surface area contributed by atoms with E-state index in [0.717, 1.165) is 6.20 Å². The minimum Gasteiger partial charge on any atom is -0.424 e. The Hall–Kier alpha value is -1.98. The van der Waals surface area contributed by atoms with E-state index in [1.54, 1.807) is 0 Å². The molecule has 0 unspecified atom stereocenters. The zero-order valence-corrected chi connectivity index (χ0v) is 7.30. The van der Waals surface area contributed by atoms with Crippen LogP contribution in [0.3, 0.4) is 0 Å². The number of benzene rings is 1. The van der Waals surface area contributed by atoms with Gasteiger partial charge < -0.3 is 10.2 Å². The van der Waals surface area contributed by atoms with Crippen molar-refractivity contribution in [1.29, 1.82) is 0 Å². The van der Waals surface area contributed by atoms with E-state index in [1.807, 2.05) is 0 Å². The zero-order valence-electron chi connectivity index (χ0n) is 7.30. The van der Waals surface area contributed by atoms with Crippen molar-refractivity contribution in [2.75, 3.05) is 5.73 Å². The zero-order chi connectivity index (χ0) is 11.0. The molecule has 1 aromatic heterocycles. The fourth-order valence-electron chi connectivity index (χ4n) is 1.12. The molecule has 2 aromatic rings. The van der Waals surface area contributed by atoms with E-state index in [0.29, 0.717) is 12.1 Å². The van der Waals surface area contributed by atoms with Gasteiger partial charge in [-0.1, -0.05) is 0 Å². The Kier molecular flexibility index (Phi) is 2.11. The fraction of sp³-hybridized carbons (Fsp3) is 0. The first-order valence-electron chi connectivity index (χ1n) is 3.94. The van der Waals surface area contributed by atoms with Crippen molar-refractivity contribution in [3.8, 4) is 11.3 Å². The van der Waals surface area contributed by atoms with Gasteiger partial charge in [0.25, 0.3) is 6.01 Å². The van der Waals surface area contributed by atoms with Crippen LogP contribution in [0.2, 0.25) is 0 Å². The van der Waals surface area contributed by atoms with Gasteiger partial charge in [-0.15, -0.1) is 0 Å². The van der Waals surface area contributed by atoms with Crippen LogP contribution in [0, 0.1) is 17.5 Å². The molecular weight excluding hydrogens is 209 g/mol. The SMILES string of the molecule is Nc1ncc(-c2cc(F)c(F)cc2F)o1. The number of nitrogens with two attached hydrogens (primary N) is 1. The highest BCUT2D eigenvalue weighted by Crippen LogP contribution is 2.26. The summed E-state index contributed by atoms with van der Waals surface area (Å²) in [7, 11) is 0. The third-order valence-corrected chi connectivity index (χ3v) is 1.80. The maximum Gasteiger partial charge on any atom is 0.292 e. The molecule has 15 heavy (non-hydrogen) atoms. The monoisotopic (exact) mass is 214 g/mol. The summed E-state index contributed by atoms with van der Waals surface area (Å²) in [6, 6.07) is 0.947. The highest BCUT2D eigenvalue weighted by Gasteiger charge is 2.14. The van der Waals surface area contributed by atoms with Crippen LogP contribution in [-0.4, -0.2) is 4.98 Å². The van der Waals surface area contributed by atoms with Gasteiger partial charge in [-0.25, -0.2) is 18.2 Å². The third kappa shape index (κ3) is 1.65. The van der Waals surface area contributed by atoms with E-state index >= 15 is 0 Å². The molecule has 2 N–H and O–H groups in total. The summed E-state index contributed by atoms with van der Waals surface area (Å²) in [5.41, 5.74) is 4.94. The summed E-state index contributed by atoms with van der Waals surface area (Å²) in [4.78, 5) is 3.51. The van der Waals surface area contributed by atoms with Gasteiger partial charge in [0, 0.05) is 6.07 Å². The maximum absolute atomic E-state index is 13.2. The van der Waals surface area contributed by atoms with E-state index in [-0.39, 0.29) is 17.3 Å². The Bertz CT molecular complexity index is 510. The number of oxazole rings is 1. The molecule has 0 aliphatic heterocycles. The highest BCUT2D eigenvalue weighted by molar-refractivity contribution is 5.58. The van der Waals surface area contributed by atoms with Crippen molar-refractivity contribution < 1.29 is 17.6 Å². The predicted molar refractivity (Wildman–Crippen MR) is 46.2 cm³/mol. The van der Waals surface area contributed by atoms with Crippen molar-refractivity contribution in [2.45, 2.75) is 0 Å². The van der Waals surface area contributed by atoms with E-state index in [4.69, 9.17) is 10.2 Å². The Morgan fingerprint density at radius 2 is 1.73 bits per heavy atom. The van der Waals surface area contributed by atoms with Gasteiger partial charge in [0.15, 0.2) is 17.4 Å². The number of nitrogens with zero attached hydrogens (tertiary/aromatic N) is 1. The number of nitrogen functional groups attached to an aromatic ring is 1. The van der Waals surface area contributed by atoms with Gasteiger partial charge in [-0.3, -0.25) is 0 Å². The second kappa shape index (κ2) is 3.30. The third-order valence-electron chi connectivity index (χ3n) is 1.80. The first kappa shape index (κ1) is 9.57. The van der Waals surface area contributed by atoms with Gasteiger partial charge >= 0.3 is 0 Å². The molecule has 0 bridgehead atoms. The number of hydrogen-bond donors (Lipinski definition) is 1. The van der Waals surface area contributed by atoms with Gasteiger partial charge in [0.1, 0.15) is 5.82 Å². The molecule has 3 nitrogen and oxygen atoms in total. The molecule has 0 saturated carbocycles. The summed E-state index contributed by atoms with van der Waals surface area (Å²) in [6.45, 7) is 0. The number of anilines is 1. The van der Waals surface area contributed by atoms with Gasteiger partial charge in [0.2, 0.25) is 0 Å². The van der Waals surface area contributed by atoms with Crippen LogP contribution in [-0.2, 0) is 0 Å². The molecule has 1 aromatic carbocycles. The summed E-state index contributed by atoms with van der Waals surface area (Å²) in [5, 5.41) is 0. The first-order chi connectivity index (χ1) is 7.08. The van der Waals surface area contributed by atoms with Crippen molar-refractivity contribution in [2.24, 2.45) is 0 Å². The maximum atomic E-state index is 13.2. The molecule has 2 rings (SSSR count). The Labute approximate surface area is 82.3 Å². The Morgan fingerprint density at radius 1 is 1.07 bits per heavy atom. The molecule has 0 aliphatic rings. The molecule has 1 heterocycles. The lowest BCUT2D eigenvalue weighted by molar-refractivity contribution is 0.493. The molecule has 0 spiro atoms. The van der Waals surface area contributed by atoms with Crippen molar-refractivity contribution >= 4 is 6.01 Å². The number of aromatic nitrogens is 1. The normalized spacial score (nSPS) is 10.6. The second-order valence-corrected chi connectivity index (χ2v) is 2.81. The average Bonchev–Trinajstić information content (AvgIpc) is 2.58. The molecule has 0 saturated heterocycles. The van der Waals surface area contributed by atoms with E-state index < -0.39 is 17.5 Å². The Morgan fingerprint density at radius 3 is 2.33 bits per heavy atom. The summed E-state index contributed by atoms with van der Waals surface area (Å²) < 4.78 is 43.4. The average molecular weight is 214 g/mol. The summed E-state index contributed by atoms with van der Waals surface area (Å²) in [6.07, 6.45) is 1.13. The van der Waals surface area contributed by atoms with Crippen LogP contribution < -0.4 is 5.73 Å². The molecule has 78 valence electrons. The molecule has 0 atom stereocenters. The first-order valence-corrected chi connectivity index (χ1v) is 3.94. The number of rotatable bonds is 1. The quantitative estimate of drug-likeness (QED) is 0.741. The smallest absolute Gasteiger partial charge is 0.292 e. The summed E-state index contributed by atoms with van der Waals surface area (Å²) in [5.74, 6) is -3.42. The molecule has 6 heteroatoms. The second-order valence-electron chi connectivity index (χ2n) is 2.81. The molecule has 0 aliphatic carbocycles.